The molecule has 84 valence electrons. The SMILES string of the molecule is C=CC(=O)NCC(=O)c1cc(C)ccc1C. The largest absolute Gasteiger partial charge is 0.345 e. The first-order valence-corrected chi connectivity index (χ1v) is 5.05. The molecular formula is C13H15NO2. The topological polar surface area (TPSA) is 46.2 Å². The van der Waals surface area contributed by atoms with Gasteiger partial charge in [0, 0.05) is 5.56 Å². The van der Waals surface area contributed by atoms with Crippen molar-refractivity contribution in [2.45, 2.75) is 13.8 Å². The van der Waals surface area contributed by atoms with E-state index >= 15 is 0 Å². The molecule has 0 heterocycles. The molecule has 1 aromatic rings. The summed E-state index contributed by atoms with van der Waals surface area (Å²) in [5, 5.41) is 2.47. The van der Waals surface area contributed by atoms with Crippen LogP contribution in [0.2, 0.25) is 0 Å². The van der Waals surface area contributed by atoms with E-state index in [1.54, 1.807) is 0 Å². The molecule has 1 amide bonds. The fourth-order valence-corrected chi connectivity index (χ4v) is 1.37. The van der Waals surface area contributed by atoms with Crippen molar-refractivity contribution in [3.8, 4) is 0 Å². The average molecular weight is 217 g/mol. The molecule has 0 radical (unpaired) electrons. The second-order valence-corrected chi connectivity index (χ2v) is 3.66. The van der Waals surface area contributed by atoms with E-state index in [1.165, 1.54) is 0 Å². The minimum Gasteiger partial charge on any atom is -0.345 e. The normalized spacial score (nSPS) is 9.62. The van der Waals surface area contributed by atoms with Gasteiger partial charge in [0.05, 0.1) is 6.54 Å². The van der Waals surface area contributed by atoms with Crippen LogP contribution in [0, 0.1) is 13.8 Å². The number of Topliss-reactive ketones (excluding diaryl/α,β-unsaturated/α-hetero) is 1. The fraction of sp³-hybridized carbons (Fsp3) is 0.231. The molecule has 0 aliphatic carbocycles. The van der Waals surface area contributed by atoms with Gasteiger partial charge in [-0.3, -0.25) is 9.59 Å². The van der Waals surface area contributed by atoms with Gasteiger partial charge < -0.3 is 5.32 Å². The molecule has 0 aliphatic heterocycles. The Kier molecular flexibility index (Phi) is 4.00. The van der Waals surface area contributed by atoms with Crippen LogP contribution in [-0.4, -0.2) is 18.2 Å². The lowest BCUT2D eigenvalue weighted by molar-refractivity contribution is -0.116. The lowest BCUT2D eigenvalue weighted by atomic mass is 10.0. The summed E-state index contributed by atoms with van der Waals surface area (Å²) in [6.07, 6.45) is 1.15. The molecule has 0 atom stereocenters. The van der Waals surface area contributed by atoms with Crippen molar-refractivity contribution in [2.24, 2.45) is 0 Å². The van der Waals surface area contributed by atoms with Crippen LogP contribution in [0.4, 0.5) is 0 Å². The van der Waals surface area contributed by atoms with Gasteiger partial charge in [-0.05, 0) is 31.6 Å². The van der Waals surface area contributed by atoms with Crippen molar-refractivity contribution in [3.05, 3.63) is 47.5 Å². The highest BCUT2D eigenvalue weighted by Crippen LogP contribution is 2.10. The maximum Gasteiger partial charge on any atom is 0.243 e. The van der Waals surface area contributed by atoms with Crippen LogP contribution in [0.15, 0.2) is 30.9 Å². The third-order valence-corrected chi connectivity index (χ3v) is 2.30. The summed E-state index contributed by atoms with van der Waals surface area (Å²) in [5.74, 6) is -0.421. The van der Waals surface area contributed by atoms with Crippen molar-refractivity contribution in [3.63, 3.8) is 0 Å². The van der Waals surface area contributed by atoms with Crippen LogP contribution in [-0.2, 0) is 4.79 Å². The maximum absolute atomic E-state index is 11.8. The number of nitrogens with one attached hydrogen (secondary N) is 1. The zero-order valence-corrected chi connectivity index (χ0v) is 9.54. The van der Waals surface area contributed by atoms with E-state index in [0.29, 0.717) is 5.56 Å². The summed E-state index contributed by atoms with van der Waals surface area (Å²) >= 11 is 0. The molecule has 1 rings (SSSR count). The Morgan fingerprint density at radius 1 is 1.38 bits per heavy atom. The van der Waals surface area contributed by atoms with E-state index in [0.717, 1.165) is 17.2 Å². The smallest absolute Gasteiger partial charge is 0.243 e. The van der Waals surface area contributed by atoms with Crippen LogP contribution in [0.1, 0.15) is 21.5 Å². The maximum atomic E-state index is 11.8. The van der Waals surface area contributed by atoms with Gasteiger partial charge in [-0.2, -0.15) is 0 Å². The molecule has 0 aromatic heterocycles. The van der Waals surface area contributed by atoms with E-state index < -0.39 is 0 Å². The highest BCUT2D eigenvalue weighted by atomic mass is 16.2. The monoisotopic (exact) mass is 217 g/mol. The van der Waals surface area contributed by atoms with Gasteiger partial charge in [0.1, 0.15) is 0 Å². The number of hydrogen-bond donors (Lipinski definition) is 1. The summed E-state index contributed by atoms with van der Waals surface area (Å²) in [5.41, 5.74) is 2.61. The number of benzene rings is 1. The van der Waals surface area contributed by atoms with Crippen molar-refractivity contribution >= 4 is 11.7 Å². The number of ketones is 1. The fourth-order valence-electron chi connectivity index (χ4n) is 1.37. The van der Waals surface area contributed by atoms with E-state index in [-0.39, 0.29) is 18.2 Å². The molecule has 0 saturated carbocycles. The zero-order chi connectivity index (χ0) is 12.1. The first-order chi connectivity index (χ1) is 7.54. The second-order valence-electron chi connectivity index (χ2n) is 3.66. The first-order valence-electron chi connectivity index (χ1n) is 5.05. The molecule has 0 fully saturated rings. The lowest BCUT2D eigenvalue weighted by Crippen LogP contribution is -2.28. The second kappa shape index (κ2) is 5.26. The van der Waals surface area contributed by atoms with E-state index in [1.807, 2.05) is 32.0 Å². The number of carbonyl (C=O) groups is 2. The average Bonchev–Trinajstić information content (AvgIpc) is 2.28. The molecule has 16 heavy (non-hydrogen) atoms. The summed E-state index contributed by atoms with van der Waals surface area (Å²) in [6, 6.07) is 5.68. The van der Waals surface area contributed by atoms with Gasteiger partial charge in [-0.1, -0.05) is 24.3 Å². The van der Waals surface area contributed by atoms with Crippen molar-refractivity contribution in [1.29, 1.82) is 0 Å². The highest BCUT2D eigenvalue weighted by molar-refractivity contribution is 6.01. The Hall–Kier alpha value is -1.90. The van der Waals surface area contributed by atoms with Crippen LogP contribution in [0.25, 0.3) is 0 Å². The van der Waals surface area contributed by atoms with Gasteiger partial charge >= 0.3 is 0 Å². The Morgan fingerprint density at radius 2 is 2.06 bits per heavy atom. The molecule has 1 N–H and O–H groups in total. The number of aryl methyl sites for hydroxylation is 2. The number of carbonyl (C=O) groups excluding carboxylic acids is 2. The van der Waals surface area contributed by atoms with Gasteiger partial charge in [0.2, 0.25) is 5.91 Å². The van der Waals surface area contributed by atoms with Gasteiger partial charge in [0.15, 0.2) is 5.78 Å². The van der Waals surface area contributed by atoms with Crippen molar-refractivity contribution in [1.82, 2.24) is 5.32 Å². The lowest BCUT2D eigenvalue weighted by Gasteiger charge is -2.06. The minimum absolute atomic E-state index is 0.00907. The van der Waals surface area contributed by atoms with Crippen LogP contribution >= 0.6 is 0 Å². The summed E-state index contributed by atoms with van der Waals surface area (Å²) in [4.78, 5) is 22.7. The zero-order valence-electron chi connectivity index (χ0n) is 9.54. The van der Waals surface area contributed by atoms with Gasteiger partial charge in [-0.15, -0.1) is 0 Å². The number of rotatable bonds is 4. The van der Waals surface area contributed by atoms with Crippen LogP contribution in [0.5, 0.6) is 0 Å². The predicted octanol–water partition coefficient (Wildman–Crippen LogP) is 1.79. The first kappa shape index (κ1) is 12.2. The molecule has 3 nitrogen and oxygen atoms in total. The molecule has 0 unspecified atom stereocenters. The van der Waals surface area contributed by atoms with Crippen LogP contribution in [0.3, 0.4) is 0 Å². The molecular weight excluding hydrogens is 202 g/mol. The van der Waals surface area contributed by atoms with Gasteiger partial charge in [-0.25, -0.2) is 0 Å². The van der Waals surface area contributed by atoms with Crippen molar-refractivity contribution < 1.29 is 9.59 Å². The Morgan fingerprint density at radius 3 is 2.69 bits per heavy atom. The highest BCUT2D eigenvalue weighted by Gasteiger charge is 2.09. The molecule has 3 heteroatoms. The van der Waals surface area contributed by atoms with E-state index in [2.05, 4.69) is 11.9 Å². The van der Waals surface area contributed by atoms with Crippen molar-refractivity contribution in [2.75, 3.05) is 6.54 Å². The summed E-state index contributed by atoms with van der Waals surface area (Å²) in [6.45, 7) is 7.13. The number of amides is 1. The standard InChI is InChI=1S/C13H15NO2/c1-4-13(16)14-8-12(15)11-7-9(2)5-6-10(11)3/h4-7H,1,8H2,2-3H3,(H,14,16). The molecule has 1 aromatic carbocycles. The Bertz CT molecular complexity index is 436. The number of hydrogen-bond acceptors (Lipinski definition) is 2. The molecule has 0 spiro atoms. The van der Waals surface area contributed by atoms with Crippen LogP contribution < -0.4 is 5.32 Å². The molecule has 0 bridgehead atoms. The minimum atomic E-state index is -0.335. The third-order valence-electron chi connectivity index (χ3n) is 2.30. The summed E-state index contributed by atoms with van der Waals surface area (Å²) in [7, 11) is 0. The molecule has 0 aliphatic rings. The molecule has 0 saturated heterocycles. The predicted molar refractivity (Wildman–Crippen MR) is 63.5 cm³/mol. The Labute approximate surface area is 95.2 Å². The van der Waals surface area contributed by atoms with E-state index in [9.17, 15) is 9.59 Å². The van der Waals surface area contributed by atoms with Gasteiger partial charge in [0.25, 0.3) is 0 Å². The third kappa shape index (κ3) is 3.05. The Balaban J connectivity index is 2.76. The summed E-state index contributed by atoms with van der Waals surface area (Å²) < 4.78 is 0. The van der Waals surface area contributed by atoms with E-state index in [4.69, 9.17) is 0 Å². The quantitative estimate of drug-likeness (QED) is 0.617.